The molecule has 15 heteroatoms. The Labute approximate surface area is 359 Å². The maximum Gasteiger partial charge on any atom is 0.437 e. The second-order valence-electron chi connectivity index (χ2n) is 19.0. The highest BCUT2D eigenvalue weighted by Crippen LogP contribution is 2.45. The van der Waals surface area contributed by atoms with Crippen LogP contribution in [0.25, 0.3) is 0 Å². The summed E-state index contributed by atoms with van der Waals surface area (Å²) in [5.41, 5.74) is 2.34. The van der Waals surface area contributed by atoms with Crippen LogP contribution in [0.1, 0.15) is 90.7 Å². The average Bonchev–Trinajstić information content (AvgIpc) is 3.58. The molecule has 5 atom stereocenters. The van der Waals surface area contributed by atoms with Crippen molar-refractivity contribution in [1.82, 2.24) is 19.8 Å². The lowest BCUT2D eigenvalue weighted by Crippen LogP contribution is -2.58. The molecule has 0 spiro atoms. The first-order valence-electron chi connectivity index (χ1n) is 21.0. The number of benzene rings is 2. The first kappa shape index (κ1) is 46.7. The molecule has 2 aromatic carbocycles. The molecule has 3 heterocycles. The van der Waals surface area contributed by atoms with Crippen molar-refractivity contribution in [3.8, 4) is 11.9 Å². The molecule has 0 aliphatic carbocycles. The number of ether oxygens (including phenoxy) is 4. The summed E-state index contributed by atoms with van der Waals surface area (Å²) < 4.78 is 37.1. The zero-order valence-electron chi connectivity index (χ0n) is 38.0. The lowest BCUT2D eigenvalue weighted by Gasteiger charge is -2.49. The van der Waals surface area contributed by atoms with Gasteiger partial charge in [0, 0.05) is 18.0 Å². The Bertz CT molecular complexity index is 1910. The normalized spacial score (nSPS) is 21.1. The van der Waals surface area contributed by atoms with Gasteiger partial charge in [-0.25, -0.2) is 14.5 Å². The first-order chi connectivity index (χ1) is 28.1. The van der Waals surface area contributed by atoms with Crippen LogP contribution < -0.4 is 9.47 Å². The summed E-state index contributed by atoms with van der Waals surface area (Å²) in [5.74, 6) is 0.566. The van der Waals surface area contributed by atoms with Crippen LogP contribution in [0, 0.1) is 5.92 Å². The molecular weight excluding hydrogens is 795 g/mol. The Morgan fingerprint density at radius 1 is 0.833 bits per heavy atom. The number of hydrogen-bond acceptors (Lipinski definition) is 10. The second kappa shape index (κ2) is 19.2. The molecule has 2 aliphatic rings. The second-order valence-corrected chi connectivity index (χ2v) is 28.5. The zero-order chi connectivity index (χ0) is 44.0. The Balaban J connectivity index is 1.56. The standard InChI is InChI=1S/C45H67N5O8Si2/c1-31-36-28-49(43(52)56-30-33-22-18-15-19-23-33)41(48-42(51)55-29-32-20-16-14-17-21-32)50(36)34(26-38(31)58-60(12,13)45(5,6)7)24-25-37(57-59(10,11)44(2,3)4)35-27-39(53-8)47-40(46-35)54-9/h14-23,27,31,34,36-38H,24-26,28-30H2,1-13H3/b48-41+/t31-,34+,36-,37?,38+/m1/s1. The van der Waals surface area contributed by atoms with E-state index in [1.165, 1.54) is 12.0 Å². The number of aliphatic imine (C=N–C) groups is 1. The van der Waals surface area contributed by atoms with Gasteiger partial charge in [-0.05, 0) is 66.7 Å². The van der Waals surface area contributed by atoms with Crippen LogP contribution in [0.4, 0.5) is 9.59 Å². The minimum Gasteiger partial charge on any atom is -0.481 e. The molecule has 13 nitrogen and oxygen atoms in total. The predicted octanol–water partition coefficient (Wildman–Crippen LogP) is 10.2. The number of guanidine groups is 1. The van der Waals surface area contributed by atoms with E-state index in [0.717, 1.165) is 11.1 Å². The number of carbonyl (C=O) groups excluding carboxylic acids is 2. The molecule has 2 amide bonds. The van der Waals surface area contributed by atoms with Gasteiger partial charge in [-0.2, -0.15) is 9.97 Å². The fourth-order valence-electron chi connectivity index (χ4n) is 7.14. The number of nitrogens with zero attached hydrogens (tertiary/aromatic N) is 5. The van der Waals surface area contributed by atoms with Crippen molar-refractivity contribution in [2.24, 2.45) is 10.9 Å². The molecule has 3 aromatic rings. The van der Waals surface area contributed by atoms with E-state index in [1.54, 1.807) is 7.11 Å². The van der Waals surface area contributed by atoms with Crippen LogP contribution in [-0.2, 0) is 31.5 Å². The van der Waals surface area contributed by atoms with Gasteiger partial charge in [0.05, 0.1) is 44.7 Å². The van der Waals surface area contributed by atoms with Crippen molar-refractivity contribution >= 4 is 34.8 Å². The van der Waals surface area contributed by atoms with E-state index in [0.29, 0.717) is 30.8 Å². The fourth-order valence-corrected chi connectivity index (χ4v) is 9.86. The summed E-state index contributed by atoms with van der Waals surface area (Å²) >= 11 is 0. The highest BCUT2D eigenvalue weighted by Gasteiger charge is 2.53. The molecule has 0 bridgehead atoms. The molecule has 5 rings (SSSR count). The number of rotatable bonds is 14. The first-order valence-corrected chi connectivity index (χ1v) is 26.8. The molecule has 1 aromatic heterocycles. The van der Waals surface area contributed by atoms with E-state index in [4.69, 9.17) is 32.8 Å². The summed E-state index contributed by atoms with van der Waals surface area (Å²) in [4.78, 5) is 45.2. The Hall–Kier alpha value is -4.32. The smallest absolute Gasteiger partial charge is 0.437 e. The zero-order valence-corrected chi connectivity index (χ0v) is 40.0. The van der Waals surface area contributed by atoms with Gasteiger partial charge in [-0.3, -0.25) is 0 Å². The van der Waals surface area contributed by atoms with E-state index >= 15 is 0 Å². The lowest BCUT2D eigenvalue weighted by molar-refractivity contribution is 0.00241. The SMILES string of the molecule is COc1cc(C(CC[C@H]2C[C@H](O[Si](C)(C)C(C)(C)C)[C@H](C)[C@H]3CN(C(=O)OCc4ccccc4)/C(=N\C(=O)OCc4ccccc4)N23)O[Si](C)(C)C(C)(C)C)nc(OC)n1. The highest BCUT2D eigenvalue weighted by atomic mass is 28.4. The molecule has 2 fully saturated rings. The number of methoxy groups -OCH3 is 2. The predicted molar refractivity (Wildman–Crippen MR) is 238 cm³/mol. The number of hydrogen-bond donors (Lipinski definition) is 0. The van der Waals surface area contributed by atoms with Gasteiger partial charge in [0.25, 0.3) is 0 Å². The summed E-state index contributed by atoms with van der Waals surface area (Å²) in [5, 5.41) is -0.111. The third-order valence-electron chi connectivity index (χ3n) is 12.8. The monoisotopic (exact) mass is 861 g/mol. The quantitative estimate of drug-likeness (QED) is 0.143. The van der Waals surface area contributed by atoms with Crippen molar-refractivity contribution in [2.75, 3.05) is 20.8 Å². The minimum atomic E-state index is -2.36. The molecule has 328 valence electrons. The van der Waals surface area contributed by atoms with Crippen LogP contribution in [0.2, 0.25) is 36.3 Å². The van der Waals surface area contributed by atoms with Gasteiger partial charge in [0.2, 0.25) is 11.8 Å². The molecule has 60 heavy (non-hydrogen) atoms. The molecule has 2 aliphatic heterocycles. The number of fused-ring (bicyclic) bond motifs is 1. The van der Waals surface area contributed by atoms with Gasteiger partial charge < -0.3 is 32.7 Å². The molecule has 2 saturated heterocycles. The van der Waals surface area contributed by atoms with Crippen molar-refractivity contribution in [3.05, 3.63) is 83.6 Å². The highest BCUT2D eigenvalue weighted by molar-refractivity contribution is 6.74. The molecule has 0 saturated carbocycles. The van der Waals surface area contributed by atoms with Crippen molar-refractivity contribution in [1.29, 1.82) is 0 Å². The van der Waals surface area contributed by atoms with Gasteiger partial charge in [-0.1, -0.05) is 109 Å². The molecule has 1 unspecified atom stereocenters. The number of amides is 2. The van der Waals surface area contributed by atoms with Crippen LogP contribution in [-0.4, -0.2) is 93.5 Å². The van der Waals surface area contributed by atoms with Crippen molar-refractivity contribution in [2.45, 2.75) is 141 Å². The molecule has 0 radical (unpaired) electrons. The van der Waals surface area contributed by atoms with E-state index in [1.807, 2.05) is 66.7 Å². The van der Waals surface area contributed by atoms with Gasteiger partial charge in [-0.15, -0.1) is 4.99 Å². The lowest BCUT2D eigenvalue weighted by atomic mass is 9.83. The topological polar surface area (TPSA) is 134 Å². The Kier molecular flexibility index (Phi) is 14.9. The van der Waals surface area contributed by atoms with E-state index < -0.39 is 34.9 Å². The van der Waals surface area contributed by atoms with Crippen molar-refractivity contribution < 1.29 is 37.4 Å². The summed E-state index contributed by atoms with van der Waals surface area (Å²) in [6, 6.07) is 20.5. The maximum absolute atomic E-state index is 14.2. The molecule has 0 N–H and O–H groups in total. The van der Waals surface area contributed by atoms with E-state index in [9.17, 15) is 9.59 Å². The van der Waals surface area contributed by atoms with E-state index in [2.05, 4.69) is 89.5 Å². The third-order valence-corrected chi connectivity index (χ3v) is 21.8. The average molecular weight is 862 g/mol. The van der Waals surface area contributed by atoms with Crippen LogP contribution in [0.15, 0.2) is 71.7 Å². The summed E-state index contributed by atoms with van der Waals surface area (Å²) in [6.45, 7) is 24.9. The van der Waals surface area contributed by atoms with Crippen LogP contribution in [0.3, 0.4) is 0 Å². The molecular formula is C45H67N5O8Si2. The number of carbonyl (C=O) groups is 2. The Morgan fingerprint density at radius 2 is 1.42 bits per heavy atom. The van der Waals surface area contributed by atoms with Gasteiger partial charge in [0.15, 0.2) is 16.6 Å². The van der Waals surface area contributed by atoms with Crippen molar-refractivity contribution in [3.63, 3.8) is 0 Å². The van der Waals surface area contributed by atoms with Gasteiger partial charge >= 0.3 is 18.2 Å². The Morgan fingerprint density at radius 3 is 1.97 bits per heavy atom. The minimum absolute atomic E-state index is 0.0232. The summed E-state index contributed by atoms with van der Waals surface area (Å²) in [6.07, 6.45) is -0.161. The maximum atomic E-state index is 14.2. The number of piperidine rings is 1. The van der Waals surface area contributed by atoms with E-state index in [-0.39, 0.29) is 65.9 Å². The fraction of sp³-hybridized carbons (Fsp3) is 0.578. The van der Waals surface area contributed by atoms with Gasteiger partial charge in [0.1, 0.15) is 13.2 Å². The largest absolute Gasteiger partial charge is 0.481 e. The van der Waals surface area contributed by atoms with Crippen LogP contribution in [0.5, 0.6) is 11.9 Å². The van der Waals surface area contributed by atoms with Crippen LogP contribution >= 0.6 is 0 Å². The third kappa shape index (κ3) is 11.3. The summed E-state index contributed by atoms with van der Waals surface area (Å²) in [7, 11) is -1.51. The number of aromatic nitrogens is 2.